The van der Waals surface area contributed by atoms with E-state index in [1.54, 1.807) is 0 Å². The first-order valence-corrected chi connectivity index (χ1v) is 4.55. The molecule has 0 heterocycles. The molecule has 0 aliphatic carbocycles. The van der Waals surface area contributed by atoms with Crippen molar-refractivity contribution in [3.8, 4) is 0 Å². The van der Waals surface area contributed by atoms with Gasteiger partial charge in [-0.15, -0.1) is 0 Å². The molecule has 6 nitrogen and oxygen atoms in total. The topological polar surface area (TPSA) is 89.9 Å². The van der Waals surface area contributed by atoms with Gasteiger partial charge in [-0.1, -0.05) is 0 Å². The normalized spacial score (nSPS) is 9.53. The van der Waals surface area contributed by atoms with E-state index in [1.807, 2.05) is 0 Å². The third-order valence-corrected chi connectivity index (χ3v) is 2.08. The van der Waals surface area contributed by atoms with Crippen molar-refractivity contribution >= 4 is 17.9 Å². The average Bonchev–Trinajstić information content (AvgIpc) is 2.35. The molecule has 6 heteroatoms. The lowest BCUT2D eigenvalue weighted by Gasteiger charge is -2.06. The van der Waals surface area contributed by atoms with E-state index in [1.165, 1.54) is 12.1 Å². The second-order valence-electron chi connectivity index (χ2n) is 3.05. The number of hydrogen-bond donors (Lipinski definition) is 1. The van der Waals surface area contributed by atoms with Crippen LogP contribution in [-0.2, 0) is 9.47 Å². The second kappa shape index (κ2) is 5.11. The molecule has 0 aromatic heterocycles. The van der Waals surface area contributed by atoms with Crippen LogP contribution in [0.25, 0.3) is 0 Å². The van der Waals surface area contributed by atoms with Crippen molar-refractivity contribution in [1.29, 1.82) is 0 Å². The summed E-state index contributed by atoms with van der Waals surface area (Å²) in [6.45, 7) is 0. The zero-order valence-electron chi connectivity index (χ0n) is 9.22. The van der Waals surface area contributed by atoms with Crippen molar-refractivity contribution in [3.05, 3.63) is 34.9 Å². The van der Waals surface area contributed by atoms with E-state index in [0.29, 0.717) is 0 Å². The van der Waals surface area contributed by atoms with Crippen molar-refractivity contribution in [1.82, 2.24) is 0 Å². The molecule has 0 radical (unpaired) electrons. The van der Waals surface area contributed by atoms with Crippen LogP contribution in [-0.4, -0.2) is 37.2 Å². The van der Waals surface area contributed by atoms with Gasteiger partial charge in [0.05, 0.1) is 30.9 Å². The molecule has 0 unspecified atom stereocenters. The van der Waals surface area contributed by atoms with Crippen LogP contribution in [0.5, 0.6) is 0 Å². The summed E-state index contributed by atoms with van der Waals surface area (Å²) in [4.78, 5) is 33.5. The Morgan fingerprint density at radius 2 is 1.53 bits per heavy atom. The molecule has 1 rings (SSSR count). The van der Waals surface area contributed by atoms with E-state index in [4.69, 9.17) is 5.11 Å². The van der Waals surface area contributed by atoms with Gasteiger partial charge in [0.1, 0.15) is 0 Å². The van der Waals surface area contributed by atoms with Crippen molar-refractivity contribution in [2.45, 2.75) is 0 Å². The average molecular weight is 238 g/mol. The number of methoxy groups -OCH3 is 2. The maximum Gasteiger partial charge on any atom is 0.338 e. The maximum atomic E-state index is 11.4. The van der Waals surface area contributed by atoms with E-state index >= 15 is 0 Å². The van der Waals surface area contributed by atoms with Crippen molar-refractivity contribution in [2.75, 3.05) is 14.2 Å². The molecular weight excluding hydrogens is 228 g/mol. The largest absolute Gasteiger partial charge is 0.478 e. The maximum absolute atomic E-state index is 11.4. The van der Waals surface area contributed by atoms with Crippen molar-refractivity contribution in [3.63, 3.8) is 0 Å². The van der Waals surface area contributed by atoms with E-state index < -0.39 is 17.9 Å². The van der Waals surface area contributed by atoms with Gasteiger partial charge in [0, 0.05) is 0 Å². The minimum atomic E-state index is -1.20. The molecule has 0 aliphatic heterocycles. The van der Waals surface area contributed by atoms with Gasteiger partial charge in [0.2, 0.25) is 0 Å². The van der Waals surface area contributed by atoms with Gasteiger partial charge < -0.3 is 14.6 Å². The summed E-state index contributed by atoms with van der Waals surface area (Å²) in [5, 5.41) is 8.78. The monoisotopic (exact) mass is 238 g/mol. The minimum absolute atomic E-state index is 0.0376. The van der Waals surface area contributed by atoms with Crippen LogP contribution in [0.15, 0.2) is 18.2 Å². The van der Waals surface area contributed by atoms with Gasteiger partial charge in [0.25, 0.3) is 0 Å². The molecule has 0 saturated carbocycles. The highest BCUT2D eigenvalue weighted by molar-refractivity contribution is 6.04. The predicted molar refractivity (Wildman–Crippen MR) is 56.1 cm³/mol. The van der Waals surface area contributed by atoms with Gasteiger partial charge in [0.15, 0.2) is 0 Å². The Morgan fingerprint density at radius 1 is 1.00 bits per heavy atom. The minimum Gasteiger partial charge on any atom is -0.478 e. The quantitative estimate of drug-likeness (QED) is 0.788. The summed E-state index contributed by atoms with van der Waals surface area (Å²) in [6, 6.07) is 3.49. The number of carboxylic acid groups (broad SMARTS) is 1. The highest BCUT2D eigenvalue weighted by Gasteiger charge is 2.20. The first-order valence-electron chi connectivity index (χ1n) is 4.55. The zero-order valence-corrected chi connectivity index (χ0v) is 9.22. The molecule has 90 valence electrons. The van der Waals surface area contributed by atoms with Crippen molar-refractivity contribution < 1.29 is 29.0 Å². The summed E-state index contributed by atoms with van der Waals surface area (Å²) in [5.41, 5.74) is -0.290. The van der Waals surface area contributed by atoms with Gasteiger partial charge >= 0.3 is 17.9 Å². The summed E-state index contributed by atoms with van der Waals surface area (Å²) in [7, 11) is 2.30. The van der Waals surface area contributed by atoms with Gasteiger partial charge in [-0.3, -0.25) is 0 Å². The molecule has 1 N–H and O–H groups in total. The van der Waals surface area contributed by atoms with E-state index in [9.17, 15) is 14.4 Å². The standard InChI is InChI=1S/C11H10O6/c1-16-10(14)7-4-3-6(9(12)13)5-8(7)11(15)17-2/h3-5H,1-2H3,(H,12,13). The number of carbonyl (C=O) groups is 3. The van der Waals surface area contributed by atoms with Crippen LogP contribution >= 0.6 is 0 Å². The molecule has 0 saturated heterocycles. The fourth-order valence-corrected chi connectivity index (χ4v) is 1.24. The molecule has 1 aromatic rings. The summed E-state index contributed by atoms with van der Waals surface area (Å²) >= 11 is 0. The lowest BCUT2D eigenvalue weighted by molar-refractivity contribution is 0.0554. The zero-order chi connectivity index (χ0) is 13.0. The second-order valence-corrected chi connectivity index (χ2v) is 3.05. The molecule has 0 aliphatic rings. The van der Waals surface area contributed by atoms with Gasteiger partial charge in [-0.05, 0) is 18.2 Å². The number of carboxylic acids is 1. The Bertz CT molecular complexity index is 477. The lowest BCUT2D eigenvalue weighted by atomic mass is 10.0. The number of rotatable bonds is 3. The number of esters is 2. The number of ether oxygens (including phenoxy) is 2. The fourth-order valence-electron chi connectivity index (χ4n) is 1.24. The van der Waals surface area contributed by atoms with Crippen LogP contribution in [0.4, 0.5) is 0 Å². The third kappa shape index (κ3) is 2.60. The Labute approximate surface area is 96.8 Å². The summed E-state index contributed by atoms with van der Waals surface area (Å²) in [6.07, 6.45) is 0. The Morgan fingerprint density at radius 3 is 2.00 bits per heavy atom. The van der Waals surface area contributed by atoms with Gasteiger partial charge in [-0.2, -0.15) is 0 Å². The molecule has 0 fully saturated rings. The highest BCUT2D eigenvalue weighted by atomic mass is 16.5. The number of hydrogen-bond acceptors (Lipinski definition) is 5. The summed E-state index contributed by atoms with van der Waals surface area (Å²) < 4.78 is 8.94. The highest BCUT2D eigenvalue weighted by Crippen LogP contribution is 2.14. The van der Waals surface area contributed by atoms with Crippen LogP contribution in [0.2, 0.25) is 0 Å². The predicted octanol–water partition coefficient (Wildman–Crippen LogP) is 0.958. The fraction of sp³-hybridized carbons (Fsp3) is 0.182. The molecule has 0 atom stereocenters. The first-order chi connectivity index (χ1) is 8.01. The van der Waals surface area contributed by atoms with Gasteiger partial charge in [-0.25, -0.2) is 14.4 Å². The van der Waals surface area contributed by atoms with Crippen LogP contribution in [0.3, 0.4) is 0 Å². The molecule has 0 amide bonds. The molecule has 0 spiro atoms. The number of aromatic carboxylic acids is 1. The lowest BCUT2D eigenvalue weighted by Crippen LogP contribution is -2.13. The van der Waals surface area contributed by atoms with E-state index in [0.717, 1.165) is 20.3 Å². The van der Waals surface area contributed by atoms with E-state index in [-0.39, 0.29) is 16.7 Å². The molecule has 1 aromatic carbocycles. The Kier molecular flexibility index (Phi) is 3.82. The van der Waals surface area contributed by atoms with Crippen LogP contribution < -0.4 is 0 Å². The molecular formula is C11H10O6. The van der Waals surface area contributed by atoms with Crippen LogP contribution in [0, 0.1) is 0 Å². The number of carbonyl (C=O) groups excluding carboxylic acids is 2. The van der Waals surface area contributed by atoms with Crippen molar-refractivity contribution in [2.24, 2.45) is 0 Å². The smallest absolute Gasteiger partial charge is 0.338 e. The Balaban J connectivity index is 3.36. The molecule has 0 bridgehead atoms. The number of benzene rings is 1. The van der Waals surface area contributed by atoms with Crippen LogP contribution in [0.1, 0.15) is 31.1 Å². The molecule has 17 heavy (non-hydrogen) atoms. The van der Waals surface area contributed by atoms with E-state index in [2.05, 4.69) is 9.47 Å². The Hall–Kier alpha value is -2.37. The first kappa shape index (κ1) is 12.7. The SMILES string of the molecule is COC(=O)c1ccc(C(=O)O)cc1C(=O)OC. The third-order valence-electron chi connectivity index (χ3n) is 2.08. The summed E-state index contributed by atoms with van der Waals surface area (Å²) in [5.74, 6) is -2.73.